The summed E-state index contributed by atoms with van der Waals surface area (Å²) in [6, 6.07) is 20.5. The van der Waals surface area contributed by atoms with E-state index < -0.39 is 5.41 Å². The van der Waals surface area contributed by atoms with Crippen LogP contribution in [0.5, 0.6) is 0 Å². The van der Waals surface area contributed by atoms with Crippen LogP contribution in [0.2, 0.25) is 0 Å². The van der Waals surface area contributed by atoms with Crippen molar-refractivity contribution in [2.45, 2.75) is 76.7 Å². The highest BCUT2D eigenvalue weighted by Gasteiger charge is 2.41. The van der Waals surface area contributed by atoms with E-state index in [1.807, 2.05) is 12.1 Å². The maximum atomic E-state index is 13.6. The number of hydrogen-bond donors (Lipinski definition) is 0. The van der Waals surface area contributed by atoms with Gasteiger partial charge in [0.2, 0.25) is 0 Å². The van der Waals surface area contributed by atoms with Crippen molar-refractivity contribution >= 4 is 0 Å². The molecule has 166 valence electrons. The van der Waals surface area contributed by atoms with Crippen LogP contribution in [0.25, 0.3) is 0 Å². The first-order valence-electron chi connectivity index (χ1n) is 12.0. The van der Waals surface area contributed by atoms with E-state index in [-0.39, 0.29) is 5.82 Å². The SMILES string of the molecule is CCN(CCc1ccccc1)C(C)CCC(C#N)(c1ccc(F)cc1)C1CCCCC1. The average Bonchev–Trinajstić information content (AvgIpc) is 2.82. The normalized spacial score (nSPS) is 17.8. The molecule has 1 aliphatic rings. The van der Waals surface area contributed by atoms with Crippen molar-refractivity contribution in [3.05, 3.63) is 71.5 Å². The number of halogens is 1. The van der Waals surface area contributed by atoms with Gasteiger partial charge in [0.25, 0.3) is 0 Å². The Morgan fingerprint density at radius 1 is 1.06 bits per heavy atom. The van der Waals surface area contributed by atoms with Gasteiger partial charge in [-0.3, -0.25) is 0 Å². The fourth-order valence-corrected chi connectivity index (χ4v) is 5.37. The third-order valence-electron chi connectivity index (χ3n) is 7.38. The predicted octanol–water partition coefficient (Wildman–Crippen LogP) is 6.90. The van der Waals surface area contributed by atoms with E-state index in [1.54, 1.807) is 0 Å². The Morgan fingerprint density at radius 2 is 1.74 bits per heavy atom. The number of benzene rings is 2. The molecule has 0 heterocycles. The Hall–Kier alpha value is -2.18. The Kier molecular flexibility index (Phi) is 8.67. The van der Waals surface area contributed by atoms with Gasteiger partial charge in [-0.2, -0.15) is 5.26 Å². The Balaban J connectivity index is 1.72. The lowest BCUT2D eigenvalue weighted by Gasteiger charge is -2.39. The van der Waals surface area contributed by atoms with Gasteiger partial charge in [0.15, 0.2) is 0 Å². The minimum atomic E-state index is -0.513. The van der Waals surface area contributed by atoms with Crippen LogP contribution in [0.15, 0.2) is 54.6 Å². The van der Waals surface area contributed by atoms with Gasteiger partial charge >= 0.3 is 0 Å². The maximum absolute atomic E-state index is 13.6. The van der Waals surface area contributed by atoms with Crippen molar-refractivity contribution in [3.8, 4) is 6.07 Å². The highest BCUT2D eigenvalue weighted by molar-refractivity contribution is 5.34. The summed E-state index contributed by atoms with van der Waals surface area (Å²) in [4.78, 5) is 2.53. The lowest BCUT2D eigenvalue weighted by Crippen LogP contribution is -2.39. The third-order valence-corrected chi connectivity index (χ3v) is 7.38. The third kappa shape index (κ3) is 5.95. The van der Waals surface area contributed by atoms with E-state index in [0.717, 1.165) is 50.8 Å². The van der Waals surface area contributed by atoms with Crippen LogP contribution in [0.4, 0.5) is 4.39 Å². The molecule has 31 heavy (non-hydrogen) atoms. The van der Waals surface area contributed by atoms with Gasteiger partial charge < -0.3 is 4.90 Å². The average molecular weight is 421 g/mol. The van der Waals surface area contributed by atoms with E-state index in [9.17, 15) is 9.65 Å². The molecule has 3 rings (SSSR count). The molecule has 0 radical (unpaired) electrons. The van der Waals surface area contributed by atoms with Gasteiger partial charge in [-0.15, -0.1) is 0 Å². The van der Waals surface area contributed by atoms with Gasteiger partial charge in [0, 0.05) is 12.6 Å². The van der Waals surface area contributed by atoms with E-state index in [2.05, 4.69) is 55.1 Å². The predicted molar refractivity (Wildman–Crippen MR) is 126 cm³/mol. The van der Waals surface area contributed by atoms with Crippen molar-refractivity contribution in [2.24, 2.45) is 5.92 Å². The topological polar surface area (TPSA) is 27.0 Å². The summed E-state index contributed by atoms with van der Waals surface area (Å²) in [5.41, 5.74) is 1.86. The first-order valence-corrected chi connectivity index (χ1v) is 12.0. The van der Waals surface area contributed by atoms with Crippen LogP contribution in [-0.4, -0.2) is 24.0 Å². The highest BCUT2D eigenvalue weighted by Crippen LogP contribution is 2.44. The van der Waals surface area contributed by atoms with Gasteiger partial charge in [-0.1, -0.05) is 68.7 Å². The number of nitriles is 1. The van der Waals surface area contributed by atoms with Crippen LogP contribution < -0.4 is 0 Å². The molecule has 2 aromatic carbocycles. The second-order valence-corrected chi connectivity index (χ2v) is 9.18. The lowest BCUT2D eigenvalue weighted by atomic mass is 9.63. The van der Waals surface area contributed by atoms with E-state index in [4.69, 9.17) is 0 Å². The summed E-state index contributed by atoms with van der Waals surface area (Å²) in [5.74, 6) is 0.133. The van der Waals surface area contributed by atoms with E-state index in [1.165, 1.54) is 37.0 Å². The molecule has 1 aliphatic carbocycles. The second kappa shape index (κ2) is 11.4. The molecule has 0 amide bonds. The standard InChI is InChI=1S/C28H37FN2/c1-3-31(21-19-24-10-6-4-7-11-24)23(2)18-20-28(22-30,25-12-8-5-9-13-25)26-14-16-27(29)17-15-26/h4,6-7,10-11,14-17,23,25H,3,5,8-9,12-13,18-21H2,1-2H3. The van der Waals surface area contributed by atoms with Gasteiger partial charge in [0.05, 0.1) is 11.5 Å². The van der Waals surface area contributed by atoms with Crippen LogP contribution in [0, 0.1) is 23.1 Å². The second-order valence-electron chi connectivity index (χ2n) is 9.18. The first kappa shape index (κ1) is 23.5. The summed E-state index contributed by atoms with van der Waals surface area (Å²) >= 11 is 0. The fraction of sp³-hybridized carbons (Fsp3) is 0.536. The van der Waals surface area contributed by atoms with Crippen molar-refractivity contribution in [3.63, 3.8) is 0 Å². The molecule has 0 N–H and O–H groups in total. The van der Waals surface area contributed by atoms with Crippen molar-refractivity contribution in [1.82, 2.24) is 4.90 Å². The summed E-state index contributed by atoms with van der Waals surface area (Å²) in [6.07, 6.45) is 8.72. The monoisotopic (exact) mass is 420 g/mol. The maximum Gasteiger partial charge on any atom is 0.123 e. The summed E-state index contributed by atoms with van der Waals surface area (Å²) < 4.78 is 13.6. The molecule has 0 bridgehead atoms. The van der Waals surface area contributed by atoms with Gasteiger partial charge in [0.1, 0.15) is 5.82 Å². The molecule has 1 fully saturated rings. The quantitative estimate of drug-likeness (QED) is 0.418. The van der Waals surface area contributed by atoms with Crippen LogP contribution >= 0.6 is 0 Å². The molecule has 0 spiro atoms. The lowest BCUT2D eigenvalue weighted by molar-refractivity contribution is 0.179. The minimum absolute atomic E-state index is 0.231. The number of rotatable bonds is 10. The molecule has 2 atom stereocenters. The molecule has 2 aromatic rings. The summed E-state index contributed by atoms with van der Waals surface area (Å²) in [5, 5.41) is 10.5. The summed E-state index contributed by atoms with van der Waals surface area (Å²) in [7, 11) is 0. The molecule has 3 heteroatoms. The van der Waals surface area contributed by atoms with Gasteiger partial charge in [-0.25, -0.2) is 4.39 Å². The molecule has 2 unspecified atom stereocenters. The largest absolute Gasteiger partial charge is 0.301 e. The fourth-order valence-electron chi connectivity index (χ4n) is 5.37. The van der Waals surface area contributed by atoms with Crippen LogP contribution in [0.3, 0.4) is 0 Å². The molecular formula is C28H37FN2. The number of hydrogen-bond acceptors (Lipinski definition) is 2. The van der Waals surface area contributed by atoms with E-state index in [0.29, 0.717) is 12.0 Å². The van der Waals surface area contributed by atoms with Crippen molar-refractivity contribution in [1.29, 1.82) is 5.26 Å². The van der Waals surface area contributed by atoms with E-state index >= 15 is 0 Å². The van der Waals surface area contributed by atoms with Crippen molar-refractivity contribution in [2.75, 3.05) is 13.1 Å². The molecular weight excluding hydrogens is 383 g/mol. The molecule has 0 aliphatic heterocycles. The number of nitrogens with zero attached hydrogens (tertiary/aromatic N) is 2. The highest BCUT2D eigenvalue weighted by atomic mass is 19.1. The minimum Gasteiger partial charge on any atom is -0.301 e. The number of likely N-dealkylation sites (N-methyl/N-ethyl adjacent to an activating group) is 1. The smallest absolute Gasteiger partial charge is 0.123 e. The molecule has 0 saturated heterocycles. The molecule has 0 aromatic heterocycles. The molecule has 2 nitrogen and oxygen atoms in total. The van der Waals surface area contributed by atoms with Crippen LogP contribution in [-0.2, 0) is 11.8 Å². The van der Waals surface area contributed by atoms with Crippen molar-refractivity contribution < 1.29 is 4.39 Å². The molecule has 1 saturated carbocycles. The zero-order valence-corrected chi connectivity index (χ0v) is 19.2. The zero-order valence-electron chi connectivity index (χ0n) is 19.2. The zero-order chi connectivity index (χ0) is 22.1. The summed E-state index contributed by atoms with van der Waals surface area (Å²) in [6.45, 7) is 6.55. The first-order chi connectivity index (χ1) is 15.1. The Bertz CT molecular complexity index is 820. The Labute approximate surface area is 188 Å². The van der Waals surface area contributed by atoms with Crippen LogP contribution in [0.1, 0.15) is 69.9 Å². The van der Waals surface area contributed by atoms with Gasteiger partial charge in [-0.05, 0) is 74.8 Å². The Morgan fingerprint density at radius 3 is 2.35 bits per heavy atom.